The SMILES string of the molecule is CC1=[C-]C(C)C(C)=C1C.CCCCCC([NH-])=O.C[SiH]C.[Cl-].[Cl-].[Ti+4]. The van der Waals surface area contributed by atoms with Crippen LogP contribution in [0.25, 0.3) is 5.73 Å². The van der Waals surface area contributed by atoms with Gasteiger partial charge in [-0.05, 0) is 12.8 Å². The number of nitrogens with one attached hydrogen (secondary N) is 1. The van der Waals surface area contributed by atoms with Gasteiger partial charge in [-0.3, -0.25) is 6.08 Å². The van der Waals surface area contributed by atoms with E-state index in [1.54, 1.807) is 0 Å². The molecule has 0 bridgehead atoms. The molecule has 1 aliphatic carbocycles. The largest absolute Gasteiger partial charge is 4.00 e. The van der Waals surface area contributed by atoms with Crippen LogP contribution in [-0.4, -0.2) is 15.4 Å². The number of hydrogen-bond donors (Lipinski definition) is 0. The Morgan fingerprint density at radius 3 is 1.78 bits per heavy atom. The average molecular weight is 413 g/mol. The Kier molecular flexibility index (Phi) is 33.9. The number of rotatable bonds is 4. The quantitative estimate of drug-likeness (QED) is 0.345. The first-order chi connectivity index (χ1) is 9.31. The average Bonchev–Trinajstić information content (AvgIpc) is 2.58. The summed E-state index contributed by atoms with van der Waals surface area (Å²) in [5.74, 6) is 0.128. The van der Waals surface area contributed by atoms with Gasteiger partial charge in [0, 0.05) is 15.4 Å². The van der Waals surface area contributed by atoms with E-state index < -0.39 is 5.91 Å². The van der Waals surface area contributed by atoms with Crippen LogP contribution in [0.15, 0.2) is 16.7 Å². The molecule has 1 unspecified atom stereocenters. The molecular formula is C17H32Cl2NOSiTi. The van der Waals surface area contributed by atoms with Gasteiger partial charge in [0.25, 0.3) is 0 Å². The van der Waals surface area contributed by atoms with Crippen molar-refractivity contribution in [3.63, 3.8) is 0 Å². The van der Waals surface area contributed by atoms with Crippen molar-refractivity contribution in [2.45, 2.75) is 73.4 Å². The molecule has 1 atom stereocenters. The molecule has 133 valence electrons. The summed E-state index contributed by atoms with van der Waals surface area (Å²) in [6.45, 7) is 15.2. The Bertz CT molecular complexity index is 347. The maximum Gasteiger partial charge on any atom is 4.00 e. The van der Waals surface area contributed by atoms with Crippen LogP contribution in [0.1, 0.15) is 60.3 Å². The van der Waals surface area contributed by atoms with Crippen LogP contribution >= 0.6 is 0 Å². The zero-order valence-corrected chi connectivity index (χ0v) is 19.9. The summed E-state index contributed by atoms with van der Waals surface area (Å²) < 4.78 is 0. The van der Waals surface area contributed by atoms with Crippen LogP contribution in [0.3, 0.4) is 0 Å². The predicted octanol–water partition coefficient (Wildman–Crippen LogP) is -0.608. The van der Waals surface area contributed by atoms with E-state index in [9.17, 15) is 4.79 Å². The van der Waals surface area contributed by atoms with Crippen molar-refractivity contribution in [2.24, 2.45) is 5.92 Å². The summed E-state index contributed by atoms with van der Waals surface area (Å²) >= 11 is 0. The first-order valence-electron chi connectivity index (χ1n) is 7.57. The Morgan fingerprint density at radius 2 is 1.61 bits per heavy atom. The van der Waals surface area contributed by atoms with Crippen molar-refractivity contribution < 1.29 is 51.3 Å². The van der Waals surface area contributed by atoms with E-state index in [1.807, 2.05) is 0 Å². The third kappa shape index (κ3) is 20.4. The standard InChI is InChI=1S/C9H13.C6H13NO.C2H7Si.2ClH.Ti/c1-6-5-7(2)9(4)8(6)3;1-2-3-4-5-6(7)8;1-3-2;;;/h6H,1-4H3;2-5H2,1H3,(H2,7,8);3H,1-2H3;2*1H;/q-1;;;;;+4/p-3. The Balaban J connectivity index is -0.0000000726. The molecule has 1 aliphatic rings. The van der Waals surface area contributed by atoms with Crippen molar-refractivity contribution >= 4 is 15.4 Å². The topological polar surface area (TPSA) is 40.9 Å². The van der Waals surface area contributed by atoms with Crippen LogP contribution in [0.2, 0.25) is 13.1 Å². The fraction of sp³-hybridized carbons (Fsp3) is 0.706. The van der Waals surface area contributed by atoms with Crippen molar-refractivity contribution in [3.05, 3.63) is 28.5 Å². The Labute approximate surface area is 174 Å². The molecule has 0 aromatic carbocycles. The monoisotopic (exact) mass is 412 g/mol. The van der Waals surface area contributed by atoms with Crippen molar-refractivity contribution in [3.8, 4) is 0 Å². The zero-order valence-electron chi connectivity index (χ0n) is 15.6. The third-order valence-corrected chi connectivity index (χ3v) is 3.24. The molecule has 0 aromatic rings. The van der Waals surface area contributed by atoms with Gasteiger partial charge >= 0.3 is 21.7 Å². The summed E-state index contributed by atoms with van der Waals surface area (Å²) in [6, 6.07) is 0. The van der Waals surface area contributed by atoms with Crippen LogP contribution in [-0.2, 0) is 26.5 Å². The molecule has 0 spiro atoms. The summed E-state index contributed by atoms with van der Waals surface area (Å²) in [4.78, 5) is 9.99. The van der Waals surface area contributed by atoms with Gasteiger partial charge in [-0.2, -0.15) is 11.1 Å². The van der Waals surface area contributed by atoms with Crippen LogP contribution in [0, 0.1) is 12.0 Å². The minimum absolute atomic E-state index is 0. The molecule has 23 heavy (non-hydrogen) atoms. The van der Waals surface area contributed by atoms with E-state index in [4.69, 9.17) is 5.73 Å². The number of carbonyl (C=O) groups is 1. The van der Waals surface area contributed by atoms with E-state index in [1.165, 1.54) is 16.7 Å². The number of unbranched alkanes of at least 4 members (excludes halogenated alkanes) is 2. The molecule has 0 aromatic heterocycles. The second kappa shape index (κ2) is 22.5. The fourth-order valence-electron chi connectivity index (χ4n) is 1.70. The molecule has 6 heteroatoms. The van der Waals surface area contributed by atoms with Gasteiger partial charge in [-0.25, -0.2) is 5.57 Å². The van der Waals surface area contributed by atoms with E-state index in [0.717, 1.165) is 28.8 Å². The fourth-order valence-corrected chi connectivity index (χ4v) is 1.70. The summed E-state index contributed by atoms with van der Waals surface area (Å²) in [5.41, 5.74) is 10.8. The van der Waals surface area contributed by atoms with Crippen molar-refractivity contribution in [1.29, 1.82) is 0 Å². The molecular weight excluding hydrogens is 381 g/mol. The van der Waals surface area contributed by atoms with Crippen molar-refractivity contribution in [1.82, 2.24) is 0 Å². The normalized spacial score (nSPS) is 14.6. The van der Waals surface area contributed by atoms with E-state index in [-0.39, 0.29) is 46.5 Å². The van der Waals surface area contributed by atoms with Crippen LogP contribution in [0.5, 0.6) is 0 Å². The van der Waals surface area contributed by atoms with Gasteiger partial charge < -0.3 is 35.3 Å². The minimum Gasteiger partial charge on any atom is -1.00 e. The van der Waals surface area contributed by atoms with Gasteiger partial charge in [0.2, 0.25) is 0 Å². The third-order valence-electron chi connectivity index (χ3n) is 3.24. The Hall–Kier alpha value is 0.461. The first kappa shape index (κ1) is 34.7. The van der Waals surface area contributed by atoms with Crippen LogP contribution in [0.4, 0.5) is 0 Å². The molecule has 1 rings (SSSR count). The molecule has 0 aliphatic heterocycles. The number of hydrogen-bond acceptors (Lipinski definition) is 1. The van der Waals surface area contributed by atoms with Gasteiger partial charge in [0.05, 0.1) is 0 Å². The first-order valence-corrected chi connectivity index (χ1v) is 9.88. The van der Waals surface area contributed by atoms with E-state index in [0.29, 0.717) is 12.3 Å². The molecule has 2 nitrogen and oxygen atoms in total. The predicted molar refractivity (Wildman–Crippen MR) is 92.3 cm³/mol. The van der Waals surface area contributed by atoms with Gasteiger partial charge in [0.1, 0.15) is 0 Å². The summed E-state index contributed by atoms with van der Waals surface area (Å²) in [7, 11) is 0.750. The maximum atomic E-state index is 9.99. The van der Waals surface area contributed by atoms with Crippen molar-refractivity contribution in [2.75, 3.05) is 0 Å². The number of halogens is 2. The number of amides is 1. The number of allylic oxidation sites excluding steroid dienone is 4. The molecule has 0 saturated heterocycles. The molecule has 0 fully saturated rings. The second-order valence-corrected chi connectivity index (χ2v) is 6.41. The second-order valence-electron chi connectivity index (χ2n) is 5.26. The molecule has 1 radical (unpaired) electrons. The zero-order chi connectivity index (χ0) is 16.1. The smallest absolute Gasteiger partial charge is 1.00 e. The minimum atomic E-state index is -0.432. The summed E-state index contributed by atoms with van der Waals surface area (Å²) in [5, 5.41) is 0. The molecule has 0 saturated carbocycles. The maximum absolute atomic E-state index is 9.99. The molecule has 1 N–H and O–H groups in total. The van der Waals surface area contributed by atoms with Gasteiger partial charge in [0.15, 0.2) is 0 Å². The Morgan fingerprint density at radius 1 is 1.17 bits per heavy atom. The number of carbonyl (C=O) groups excluding carboxylic acids is 1. The van der Waals surface area contributed by atoms with Gasteiger partial charge in [-0.1, -0.05) is 59.5 Å². The van der Waals surface area contributed by atoms with Gasteiger partial charge in [-0.15, -0.1) is 6.92 Å². The van der Waals surface area contributed by atoms with Crippen LogP contribution < -0.4 is 24.8 Å². The van der Waals surface area contributed by atoms with E-state index >= 15 is 0 Å². The summed E-state index contributed by atoms with van der Waals surface area (Å²) in [6.07, 6.45) is 6.88. The van der Waals surface area contributed by atoms with E-state index in [2.05, 4.69) is 53.8 Å². The molecule has 1 amide bonds. The molecule has 0 heterocycles.